The summed E-state index contributed by atoms with van der Waals surface area (Å²) in [4.78, 5) is 20.3. The van der Waals surface area contributed by atoms with Crippen molar-refractivity contribution in [3.63, 3.8) is 0 Å². The van der Waals surface area contributed by atoms with E-state index >= 15 is 0 Å². The molecule has 108 valence electrons. The molecule has 8 heteroatoms. The van der Waals surface area contributed by atoms with Crippen LogP contribution in [-0.4, -0.2) is 31.8 Å². The summed E-state index contributed by atoms with van der Waals surface area (Å²) in [6.45, 7) is 6.00. The summed E-state index contributed by atoms with van der Waals surface area (Å²) in [5.41, 5.74) is 1.01. The number of hydrogen-bond acceptors (Lipinski definition) is 6. The van der Waals surface area contributed by atoms with Gasteiger partial charge in [-0.25, -0.2) is 9.97 Å². The maximum atomic E-state index is 11.8. The highest BCUT2D eigenvalue weighted by Crippen LogP contribution is 2.21. The van der Waals surface area contributed by atoms with E-state index in [9.17, 15) is 4.79 Å². The van der Waals surface area contributed by atoms with Crippen LogP contribution in [0.1, 0.15) is 37.7 Å². The van der Waals surface area contributed by atoms with Crippen molar-refractivity contribution in [1.82, 2.24) is 20.2 Å². The van der Waals surface area contributed by atoms with Crippen LogP contribution in [0.15, 0.2) is 10.5 Å². The average Bonchev–Trinajstić information content (AvgIpc) is 2.99. The summed E-state index contributed by atoms with van der Waals surface area (Å²) >= 11 is 2.92. The van der Waals surface area contributed by atoms with Gasteiger partial charge in [0.1, 0.15) is 5.82 Å². The Hall–Kier alpha value is -1.41. The van der Waals surface area contributed by atoms with Crippen LogP contribution in [0.3, 0.4) is 0 Å². The minimum absolute atomic E-state index is 0.0330. The van der Waals surface area contributed by atoms with Gasteiger partial charge in [0.15, 0.2) is 5.13 Å². The van der Waals surface area contributed by atoms with E-state index in [1.54, 1.807) is 0 Å². The van der Waals surface area contributed by atoms with Gasteiger partial charge in [-0.05, 0) is 12.8 Å². The quantitative estimate of drug-likeness (QED) is 0.801. The Labute approximate surface area is 125 Å². The predicted molar refractivity (Wildman–Crippen MR) is 81.3 cm³/mol. The van der Waals surface area contributed by atoms with Gasteiger partial charge in [-0.2, -0.15) is 0 Å². The van der Waals surface area contributed by atoms with Gasteiger partial charge < -0.3 is 5.32 Å². The normalized spacial score (nSPS) is 11.0. The van der Waals surface area contributed by atoms with Crippen LogP contribution < -0.4 is 5.32 Å². The number of aromatic amines is 1. The van der Waals surface area contributed by atoms with Crippen LogP contribution in [0.2, 0.25) is 0 Å². The van der Waals surface area contributed by atoms with Crippen molar-refractivity contribution in [1.29, 1.82) is 0 Å². The number of aromatic nitrogens is 4. The molecule has 0 radical (unpaired) electrons. The predicted octanol–water partition coefficient (Wildman–Crippen LogP) is 2.81. The van der Waals surface area contributed by atoms with Crippen molar-refractivity contribution in [2.24, 2.45) is 0 Å². The van der Waals surface area contributed by atoms with Crippen LogP contribution in [-0.2, 0) is 4.79 Å². The van der Waals surface area contributed by atoms with Gasteiger partial charge in [0.05, 0.1) is 5.69 Å². The molecule has 0 unspecified atom stereocenters. The zero-order valence-electron chi connectivity index (χ0n) is 11.6. The van der Waals surface area contributed by atoms with Crippen molar-refractivity contribution in [3.05, 3.63) is 16.9 Å². The van der Waals surface area contributed by atoms with Crippen molar-refractivity contribution in [2.75, 3.05) is 11.1 Å². The Kier molecular flexibility index (Phi) is 5.13. The number of rotatable bonds is 6. The van der Waals surface area contributed by atoms with E-state index in [1.165, 1.54) is 23.1 Å². The lowest BCUT2D eigenvalue weighted by Crippen LogP contribution is -2.12. The number of amides is 1. The number of thiazole rings is 1. The molecule has 0 aliphatic heterocycles. The molecule has 0 aliphatic carbocycles. The van der Waals surface area contributed by atoms with E-state index in [0.717, 1.165) is 11.5 Å². The number of carbonyl (C=O) groups excluding carboxylic acids is 1. The summed E-state index contributed by atoms with van der Waals surface area (Å²) in [5, 5.41) is 12.9. The van der Waals surface area contributed by atoms with Crippen LogP contribution in [0, 0.1) is 6.92 Å². The van der Waals surface area contributed by atoms with Crippen molar-refractivity contribution < 1.29 is 4.79 Å². The van der Waals surface area contributed by atoms with Crippen molar-refractivity contribution in [3.8, 4) is 0 Å². The molecule has 2 aromatic heterocycles. The molecule has 20 heavy (non-hydrogen) atoms. The van der Waals surface area contributed by atoms with Gasteiger partial charge in [-0.1, -0.05) is 25.6 Å². The second kappa shape index (κ2) is 6.85. The van der Waals surface area contributed by atoms with Gasteiger partial charge in [-0.15, -0.1) is 16.4 Å². The topological polar surface area (TPSA) is 83.6 Å². The smallest absolute Gasteiger partial charge is 0.226 e. The molecule has 0 saturated carbocycles. The van der Waals surface area contributed by atoms with E-state index in [-0.39, 0.29) is 5.91 Å². The number of H-pyrrole nitrogens is 1. The number of thioether (sulfide) groups is 1. The molecule has 0 aliphatic rings. The van der Waals surface area contributed by atoms with E-state index < -0.39 is 0 Å². The Balaban J connectivity index is 1.74. The molecular weight excluding hydrogens is 294 g/mol. The summed E-state index contributed by atoms with van der Waals surface area (Å²) in [5.74, 6) is 1.77. The Morgan fingerprint density at radius 2 is 2.30 bits per heavy atom. The van der Waals surface area contributed by atoms with E-state index in [4.69, 9.17) is 0 Å². The number of hydrogen-bond donors (Lipinski definition) is 2. The molecule has 0 spiro atoms. The maximum Gasteiger partial charge on any atom is 0.226 e. The molecule has 2 aromatic rings. The third-order valence-electron chi connectivity index (χ3n) is 2.50. The van der Waals surface area contributed by atoms with Crippen LogP contribution in [0.5, 0.6) is 0 Å². The van der Waals surface area contributed by atoms with Crippen LogP contribution >= 0.6 is 23.1 Å². The largest absolute Gasteiger partial charge is 0.302 e. The first kappa shape index (κ1) is 15.0. The third-order valence-corrected chi connectivity index (χ3v) is 4.12. The molecular formula is C12H17N5OS2. The van der Waals surface area contributed by atoms with Crippen LogP contribution in [0.4, 0.5) is 5.13 Å². The maximum absolute atomic E-state index is 11.8. The highest BCUT2D eigenvalue weighted by molar-refractivity contribution is 7.99. The molecule has 2 heterocycles. The highest BCUT2D eigenvalue weighted by atomic mass is 32.2. The minimum atomic E-state index is -0.0330. The molecule has 6 nitrogen and oxygen atoms in total. The summed E-state index contributed by atoms with van der Waals surface area (Å²) in [7, 11) is 0. The first-order valence-electron chi connectivity index (χ1n) is 6.31. The number of nitrogens with zero attached hydrogens (tertiary/aromatic N) is 3. The number of carbonyl (C=O) groups is 1. The first-order valence-corrected chi connectivity index (χ1v) is 8.18. The third kappa shape index (κ3) is 4.31. The fourth-order valence-corrected chi connectivity index (χ4v) is 3.08. The monoisotopic (exact) mass is 311 g/mol. The lowest BCUT2D eigenvalue weighted by molar-refractivity contribution is -0.115. The second-order valence-corrected chi connectivity index (χ2v) is 6.50. The van der Waals surface area contributed by atoms with Gasteiger partial charge in [0.2, 0.25) is 11.1 Å². The fourth-order valence-electron chi connectivity index (χ4n) is 1.41. The molecule has 0 bridgehead atoms. The molecule has 0 atom stereocenters. The standard InChI is InChI=1S/C12H17N5OS2/c1-7(2)9-6-20-11(14-9)15-10(18)4-5-19-12-13-8(3)16-17-12/h6-7H,4-5H2,1-3H3,(H,13,16,17)(H,14,15,18). The lowest BCUT2D eigenvalue weighted by atomic mass is 10.2. The lowest BCUT2D eigenvalue weighted by Gasteiger charge is -2.01. The van der Waals surface area contributed by atoms with Gasteiger partial charge >= 0.3 is 0 Å². The molecule has 0 aromatic carbocycles. The summed E-state index contributed by atoms with van der Waals surface area (Å²) in [6, 6.07) is 0. The number of aryl methyl sites for hydroxylation is 1. The molecule has 0 saturated heterocycles. The van der Waals surface area contributed by atoms with Crippen molar-refractivity contribution >= 4 is 34.1 Å². The van der Waals surface area contributed by atoms with Gasteiger partial charge in [0.25, 0.3) is 0 Å². The molecule has 1 amide bonds. The zero-order chi connectivity index (χ0) is 14.5. The van der Waals surface area contributed by atoms with Gasteiger partial charge in [0, 0.05) is 17.6 Å². The second-order valence-electron chi connectivity index (χ2n) is 4.58. The summed E-state index contributed by atoms with van der Waals surface area (Å²) in [6.07, 6.45) is 0.412. The van der Waals surface area contributed by atoms with Crippen molar-refractivity contribution in [2.45, 2.75) is 38.3 Å². The summed E-state index contributed by atoms with van der Waals surface area (Å²) < 4.78 is 0. The molecule has 2 N–H and O–H groups in total. The fraction of sp³-hybridized carbons (Fsp3) is 0.500. The van der Waals surface area contributed by atoms with E-state index in [0.29, 0.717) is 28.4 Å². The van der Waals surface area contributed by atoms with E-state index in [2.05, 4.69) is 39.3 Å². The zero-order valence-corrected chi connectivity index (χ0v) is 13.3. The first-order chi connectivity index (χ1) is 9.54. The molecule has 0 fully saturated rings. The highest BCUT2D eigenvalue weighted by Gasteiger charge is 2.09. The Morgan fingerprint density at radius 1 is 1.50 bits per heavy atom. The number of nitrogens with one attached hydrogen (secondary N) is 2. The SMILES string of the molecule is Cc1nc(SCCC(=O)Nc2nc(C(C)C)cs2)n[nH]1. The van der Waals surface area contributed by atoms with Gasteiger partial charge in [-0.3, -0.25) is 9.89 Å². The number of anilines is 1. The Bertz CT molecular complexity index is 578. The van der Waals surface area contributed by atoms with E-state index in [1.807, 2.05) is 12.3 Å². The minimum Gasteiger partial charge on any atom is -0.302 e. The van der Waals surface area contributed by atoms with Crippen LogP contribution in [0.25, 0.3) is 0 Å². The molecule has 2 rings (SSSR count). The average molecular weight is 311 g/mol. The Morgan fingerprint density at radius 3 is 2.90 bits per heavy atom.